The molecule has 0 spiro atoms. The third-order valence-corrected chi connectivity index (χ3v) is 6.08. The second kappa shape index (κ2) is 9.43. The van der Waals surface area contributed by atoms with E-state index in [1.54, 1.807) is 12.3 Å². The van der Waals surface area contributed by atoms with Crippen molar-refractivity contribution in [3.05, 3.63) is 50.3 Å². The SMILES string of the molecule is O=C(CCN1CCOCC1)Nn1c(O)c(C=C2C=NN=C2c2ccccc2)sc1=S. The van der Waals surface area contributed by atoms with Crippen LogP contribution in [-0.4, -0.2) is 65.4 Å². The summed E-state index contributed by atoms with van der Waals surface area (Å²) < 4.78 is 6.92. The van der Waals surface area contributed by atoms with Crippen LogP contribution in [0.1, 0.15) is 16.9 Å². The maximum atomic E-state index is 12.4. The van der Waals surface area contributed by atoms with E-state index in [0.29, 0.717) is 35.0 Å². The fourth-order valence-electron chi connectivity index (χ4n) is 3.17. The first kappa shape index (κ1) is 20.6. The van der Waals surface area contributed by atoms with E-state index in [-0.39, 0.29) is 11.8 Å². The van der Waals surface area contributed by atoms with Crippen LogP contribution < -0.4 is 5.43 Å². The highest BCUT2D eigenvalue weighted by Gasteiger charge is 2.18. The Morgan fingerprint density at radius 2 is 2.07 bits per heavy atom. The lowest BCUT2D eigenvalue weighted by molar-refractivity contribution is -0.117. The van der Waals surface area contributed by atoms with Crippen molar-refractivity contribution in [1.29, 1.82) is 0 Å². The molecule has 2 N–H and O–H groups in total. The molecule has 2 aliphatic heterocycles. The van der Waals surface area contributed by atoms with E-state index in [0.717, 1.165) is 29.9 Å². The molecule has 0 radical (unpaired) electrons. The van der Waals surface area contributed by atoms with Gasteiger partial charge in [-0.05, 0) is 18.3 Å². The van der Waals surface area contributed by atoms with Gasteiger partial charge in [0, 0.05) is 37.2 Å². The van der Waals surface area contributed by atoms with E-state index in [1.165, 1.54) is 16.0 Å². The number of allylic oxidation sites excluding steroid dienone is 1. The quantitative estimate of drug-likeness (QED) is 0.670. The smallest absolute Gasteiger partial charge is 0.240 e. The van der Waals surface area contributed by atoms with Crippen LogP contribution in [-0.2, 0) is 9.53 Å². The molecule has 0 saturated carbocycles. The standard InChI is InChI=1S/C20H21N5O3S2/c26-17(6-7-24-8-10-28-11-9-24)23-25-19(27)16(30-20(25)29)12-15-13-21-22-18(15)14-4-2-1-3-5-14/h1-5,12-13,27H,6-11H2,(H,23,26). The predicted octanol–water partition coefficient (Wildman–Crippen LogP) is 2.65. The number of nitrogens with zero attached hydrogens (tertiary/aromatic N) is 4. The van der Waals surface area contributed by atoms with Crippen molar-refractivity contribution >= 4 is 47.5 Å². The minimum atomic E-state index is -0.209. The zero-order valence-electron chi connectivity index (χ0n) is 16.2. The summed E-state index contributed by atoms with van der Waals surface area (Å²) >= 11 is 6.54. The van der Waals surface area contributed by atoms with Crippen LogP contribution >= 0.6 is 23.6 Å². The molecular formula is C20H21N5O3S2. The Morgan fingerprint density at radius 3 is 2.83 bits per heavy atom. The molecule has 10 heteroatoms. The Kier molecular flexibility index (Phi) is 6.48. The molecule has 8 nitrogen and oxygen atoms in total. The number of aromatic nitrogens is 1. The maximum Gasteiger partial charge on any atom is 0.240 e. The van der Waals surface area contributed by atoms with Crippen molar-refractivity contribution in [2.45, 2.75) is 6.42 Å². The summed E-state index contributed by atoms with van der Waals surface area (Å²) in [6, 6.07) is 9.69. The van der Waals surface area contributed by atoms with Gasteiger partial charge in [0.1, 0.15) is 5.71 Å². The van der Waals surface area contributed by atoms with Crippen molar-refractivity contribution < 1.29 is 14.6 Å². The summed E-state index contributed by atoms with van der Waals surface area (Å²) in [6.07, 6.45) is 3.72. The van der Waals surface area contributed by atoms with E-state index in [9.17, 15) is 9.90 Å². The van der Waals surface area contributed by atoms with Gasteiger partial charge in [0.2, 0.25) is 11.8 Å². The highest BCUT2D eigenvalue weighted by atomic mass is 32.1. The molecule has 1 aromatic carbocycles. The van der Waals surface area contributed by atoms with E-state index in [2.05, 4.69) is 20.5 Å². The molecule has 2 aliphatic rings. The number of rotatable bonds is 6. The first-order valence-electron chi connectivity index (χ1n) is 9.55. The van der Waals surface area contributed by atoms with Crippen LogP contribution in [0.3, 0.4) is 0 Å². The van der Waals surface area contributed by atoms with Crippen molar-refractivity contribution in [1.82, 2.24) is 9.58 Å². The van der Waals surface area contributed by atoms with E-state index in [4.69, 9.17) is 17.0 Å². The van der Waals surface area contributed by atoms with Crippen LogP contribution in [0.25, 0.3) is 6.08 Å². The third-order valence-electron chi connectivity index (χ3n) is 4.77. The number of hydrogen-bond donors (Lipinski definition) is 2. The summed E-state index contributed by atoms with van der Waals surface area (Å²) in [5, 5.41) is 18.8. The fourth-order valence-corrected chi connectivity index (χ4v) is 4.36. The summed E-state index contributed by atoms with van der Waals surface area (Å²) in [7, 11) is 0. The Labute approximate surface area is 182 Å². The molecule has 2 aromatic rings. The molecule has 1 amide bonds. The largest absolute Gasteiger partial charge is 0.492 e. The number of morpholine rings is 1. The second-order valence-electron chi connectivity index (χ2n) is 6.79. The number of amides is 1. The van der Waals surface area contributed by atoms with E-state index in [1.807, 2.05) is 30.3 Å². The average Bonchev–Trinajstić information content (AvgIpc) is 3.34. The lowest BCUT2D eigenvalue weighted by Gasteiger charge is -2.26. The number of hydrogen-bond acceptors (Lipinski definition) is 8. The van der Waals surface area contributed by atoms with Crippen LogP contribution in [0.4, 0.5) is 0 Å². The number of thiazole rings is 1. The Bertz CT molecular complexity index is 1070. The first-order valence-corrected chi connectivity index (χ1v) is 10.8. The van der Waals surface area contributed by atoms with Gasteiger partial charge in [0.25, 0.3) is 0 Å². The molecule has 0 atom stereocenters. The molecule has 156 valence electrons. The van der Waals surface area contributed by atoms with Crippen LogP contribution in [0, 0.1) is 3.95 Å². The normalized spacial score (nSPS) is 18.0. The minimum absolute atomic E-state index is 0.107. The molecule has 0 aliphatic carbocycles. The first-order chi connectivity index (χ1) is 14.6. The number of carbonyl (C=O) groups is 1. The van der Waals surface area contributed by atoms with E-state index >= 15 is 0 Å². The number of ether oxygens (including phenoxy) is 1. The zero-order chi connectivity index (χ0) is 20.9. The van der Waals surface area contributed by atoms with Gasteiger partial charge >= 0.3 is 0 Å². The second-order valence-corrected chi connectivity index (χ2v) is 8.46. The summed E-state index contributed by atoms with van der Waals surface area (Å²) in [6.45, 7) is 3.65. The molecule has 4 rings (SSSR count). The summed E-state index contributed by atoms with van der Waals surface area (Å²) in [5.74, 6) is -0.316. The number of benzene rings is 1. The van der Waals surface area contributed by atoms with Gasteiger partial charge in [-0.25, -0.2) is 0 Å². The molecule has 1 aromatic heterocycles. The average molecular weight is 444 g/mol. The van der Waals surface area contributed by atoms with Crippen molar-refractivity contribution in [2.75, 3.05) is 38.3 Å². The topological polar surface area (TPSA) is 91.5 Å². The maximum absolute atomic E-state index is 12.4. The van der Waals surface area contributed by atoms with Crippen molar-refractivity contribution in [2.24, 2.45) is 10.2 Å². The molecule has 1 fully saturated rings. The third kappa shape index (κ3) is 4.73. The van der Waals surface area contributed by atoms with Gasteiger partial charge in [0.15, 0.2) is 3.95 Å². The van der Waals surface area contributed by atoms with Gasteiger partial charge in [0.05, 0.1) is 24.3 Å². The molecule has 0 bridgehead atoms. The molecule has 1 saturated heterocycles. The Morgan fingerprint density at radius 1 is 1.30 bits per heavy atom. The van der Waals surface area contributed by atoms with Gasteiger partial charge in [-0.15, -0.1) is 5.10 Å². The van der Waals surface area contributed by atoms with Crippen molar-refractivity contribution in [3.8, 4) is 5.88 Å². The van der Waals surface area contributed by atoms with Gasteiger partial charge in [-0.3, -0.25) is 15.1 Å². The number of carbonyl (C=O) groups excluding carboxylic acids is 1. The highest BCUT2D eigenvalue weighted by Crippen LogP contribution is 2.28. The lowest BCUT2D eigenvalue weighted by Crippen LogP contribution is -2.38. The minimum Gasteiger partial charge on any atom is -0.492 e. The fraction of sp³-hybridized carbons (Fsp3) is 0.300. The summed E-state index contributed by atoms with van der Waals surface area (Å²) in [4.78, 5) is 15.1. The van der Waals surface area contributed by atoms with Crippen LogP contribution in [0.2, 0.25) is 0 Å². The molecule has 0 unspecified atom stereocenters. The molecule has 30 heavy (non-hydrogen) atoms. The van der Waals surface area contributed by atoms with Gasteiger partial charge in [-0.1, -0.05) is 41.7 Å². The number of nitrogens with one attached hydrogen (secondary N) is 1. The molecular weight excluding hydrogens is 422 g/mol. The van der Waals surface area contributed by atoms with Crippen molar-refractivity contribution in [3.63, 3.8) is 0 Å². The highest BCUT2D eigenvalue weighted by molar-refractivity contribution is 7.73. The Balaban J connectivity index is 1.46. The lowest BCUT2D eigenvalue weighted by atomic mass is 10.0. The molecule has 3 heterocycles. The van der Waals surface area contributed by atoms with E-state index < -0.39 is 0 Å². The van der Waals surface area contributed by atoms with Crippen LogP contribution in [0.5, 0.6) is 5.88 Å². The zero-order valence-corrected chi connectivity index (χ0v) is 17.8. The van der Waals surface area contributed by atoms with Gasteiger partial charge < -0.3 is 9.84 Å². The number of aromatic hydroxyl groups is 1. The predicted molar refractivity (Wildman–Crippen MR) is 120 cm³/mol. The summed E-state index contributed by atoms with van der Waals surface area (Å²) in [5.41, 5.74) is 5.10. The van der Waals surface area contributed by atoms with Gasteiger partial charge in [-0.2, -0.15) is 9.78 Å². The van der Waals surface area contributed by atoms with Crippen LogP contribution in [0.15, 0.2) is 46.1 Å². The Hall–Kier alpha value is -2.66. The monoisotopic (exact) mass is 443 g/mol.